The number of benzene rings is 1. The van der Waals surface area contributed by atoms with E-state index in [1.807, 2.05) is 0 Å². The lowest BCUT2D eigenvalue weighted by Gasteiger charge is -2.16. The zero-order valence-corrected chi connectivity index (χ0v) is 10.3. The highest BCUT2D eigenvalue weighted by atomic mass is 19.3. The van der Waals surface area contributed by atoms with E-state index in [0.29, 0.717) is 12.1 Å². The Morgan fingerprint density at radius 3 is 2.38 bits per heavy atom. The molecule has 2 unspecified atom stereocenters. The van der Waals surface area contributed by atoms with Crippen molar-refractivity contribution in [2.24, 2.45) is 5.92 Å². The quantitative estimate of drug-likeness (QED) is 0.652. The van der Waals surface area contributed by atoms with E-state index in [1.165, 1.54) is 0 Å². The molecule has 1 amide bonds. The molecule has 0 bridgehead atoms. The maximum Gasteiger partial charge on any atom is 0.387 e. The number of carbonyl (C=O) groups is 2. The lowest BCUT2D eigenvalue weighted by Crippen LogP contribution is -2.27. The highest BCUT2D eigenvalue weighted by molar-refractivity contribution is 5.99. The fourth-order valence-electron chi connectivity index (χ4n) is 2.26. The van der Waals surface area contributed by atoms with E-state index in [-0.39, 0.29) is 6.54 Å². The normalized spacial score (nSPS) is 21.5. The average Bonchev–Trinajstić information content (AvgIpc) is 2.69. The number of ether oxygens (including phenoxy) is 1. The van der Waals surface area contributed by atoms with Crippen molar-refractivity contribution in [3.63, 3.8) is 0 Å². The summed E-state index contributed by atoms with van der Waals surface area (Å²) in [5.74, 6) is -8.53. The van der Waals surface area contributed by atoms with E-state index in [9.17, 15) is 27.2 Å². The summed E-state index contributed by atoms with van der Waals surface area (Å²) in [5, 5.41) is 11.1. The van der Waals surface area contributed by atoms with Gasteiger partial charge in [0.25, 0.3) is 0 Å². The van der Waals surface area contributed by atoms with E-state index in [0.717, 1.165) is 0 Å². The van der Waals surface area contributed by atoms with Crippen LogP contribution in [0.1, 0.15) is 11.5 Å². The molecule has 0 radical (unpaired) electrons. The highest BCUT2D eigenvalue weighted by Gasteiger charge is 2.43. The van der Waals surface area contributed by atoms with Crippen molar-refractivity contribution in [3.05, 3.63) is 29.3 Å². The number of hydrogen-bond acceptors (Lipinski definition) is 3. The Labute approximate surface area is 115 Å². The summed E-state index contributed by atoms with van der Waals surface area (Å²) in [7, 11) is 0. The third-order valence-corrected chi connectivity index (χ3v) is 3.10. The van der Waals surface area contributed by atoms with Gasteiger partial charge in [0.1, 0.15) is 23.3 Å². The lowest BCUT2D eigenvalue weighted by atomic mass is 9.88. The Hall–Kier alpha value is -2.32. The first-order valence-electron chi connectivity index (χ1n) is 5.75. The van der Waals surface area contributed by atoms with Crippen LogP contribution in [0.25, 0.3) is 0 Å². The van der Waals surface area contributed by atoms with Gasteiger partial charge in [0.2, 0.25) is 5.91 Å². The van der Waals surface area contributed by atoms with Gasteiger partial charge in [-0.25, -0.2) is 8.78 Å². The van der Waals surface area contributed by atoms with Crippen LogP contribution in [0.5, 0.6) is 5.75 Å². The molecular weight excluding hydrogens is 298 g/mol. The number of hydrogen-bond donors (Lipinski definition) is 2. The molecule has 1 aromatic rings. The predicted molar refractivity (Wildman–Crippen MR) is 59.9 cm³/mol. The minimum atomic E-state index is -3.25. The number of rotatable bonds is 4. The molecule has 1 saturated heterocycles. The van der Waals surface area contributed by atoms with Crippen LogP contribution in [-0.4, -0.2) is 30.1 Å². The van der Waals surface area contributed by atoms with Crippen molar-refractivity contribution in [3.8, 4) is 5.75 Å². The summed E-state index contributed by atoms with van der Waals surface area (Å²) in [5.41, 5.74) is -0.651. The van der Waals surface area contributed by atoms with Crippen LogP contribution in [0, 0.1) is 17.6 Å². The molecule has 21 heavy (non-hydrogen) atoms. The molecular formula is C12H9F4NO4. The summed E-state index contributed by atoms with van der Waals surface area (Å²) in [6.45, 7) is -3.52. The summed E-state index contributed by atoms with van der Waals surface area (Å²) >= 11 is 0. The number of aliphatic carboxylic acids is 1. The van der Waals surface area contributed by atoms with E-state index in [1.54, 1.807) is 0 Å². The second-order valence-electron chi connectivity index (χ2n) is 4.35. The fourth-order valence-corrected chi connectivity index (χ4v) is 2.26. The van der Waals surface area contributed by atoms with Crippen molar-refractivity contribution >= 4 is 11.9 Å². The van der Waals surface area contributed by atoms with E-state index >= 15 is 0 Å². The van der Waals surface area contributed by atoms with Gasteiger partial charge in [-0.15, -0.1) is 0 Å². The second kappa shape index (κ2) is 5.58. The summed E-state index contributed by atoms with van der Waals surface area (Å²) in [6.07, 6.45) is 0. The molecule has 9 heteroatoms. The number of halogens is 4. The number of nitrogens with one attached hydrogen (secondary N) is 1. The van der Waals surface area contributed by atoms with Crippen molar-refractivity contribution < 1.29 is 37.0 Å². The maximum absolute atomic E-state index is 13.9. The van der Waals surface area contributed by atoms with Crippen LogP contribution in [0.2, 0.25) is 0 Å². The minimum Gasteiger partial charge on any atom is -0.481 e. The Balaban J connectivity index is 2.40. The van der Waals surface area contributed by atoms with Gasteiger partial charge >= 0.3 is 12.6 Å². The summed E-state index contributed by atoms with van der Waals surface area (Å²) in [6, 6.07) is 1.04. The number of carbonyl (C=O) groups excluding carboxylic acids is 1. The number of amides is 1. The number of carboxylic acids is 1. The molecule has 1 aliphatic rings. The van der Waals surface area contributed by atoms with Gasteiger partial charge in [0.05, 0.1) is 0 Å². The first kappa shape index (κ1) is 15.1. The maximum atomic E-state index is 13.9. The average molecular weight is 307 g/mol. The first-order chi connectivity index (χ1) is 9.81. The number of alkyl halides is 2. The Morgan fingerprint density at radius 1 is 1.33 bits per heavy atom. The van der Waals surface area contributed by atoms with E-state index < -0.39 is 53.3 Å². The molecule has 0 aromatic heterocycles. The molecule has 0 spiro atoms. The van der Waals surface area contributed by atoms with Gasteiger partial charge in [-0.1, -0.05) is 0 Å². The van der Waals surface area contributed by atoms with Gasteiger partial charge in [0.15, 0.2) is 0 Å². The van der Waals surface area contributed by atoms with Crippen LogP contribution in [0.4, 0.5) is 17.6 Å². The predicted octanol–water partition coefficient (Wildman–Crippen LogP) is 1.48. The molecule has 1 heterocycles. The van der Waals surface area contributed by atoms with Crippen molar-refractivity contribution in [2.75, 3.05) is 6.54 Å². The van der Waals surface area contributed by atoms with Crippen LogP contribution in [0.15, 0.2) is 12.1 Å². The third-order valence-electron chi connectivity index (χ3n) is 3.10. The topological polar surface area (TPSA) is 75.6 Å². The summed E-state index contributed by atoms with van der Waals surface area (Å²) < 4.78 is 55.6. The molecule has 1 aliphatic heterocycles. The second-order valence-corrected chi connectivity index (χ2v) is 4.35. The molecule has 2 atom stereocenters. The Kier molecular flexibility index (Phi) is 4.01. The fraction of sp³-hybridized carbons (Fsp3) is 0.333. The highest BCUT2D eigenvalue weighted by Crippen LogP contribution is 2.34. The van der Waals surface area contributed by atoms with Crippen molar-refractivity contribution in [2.45, 2.75) is 12.5 Å². The molecule has 114 valence electrons. The number of carboxylic acid groups (broad SMARTS) is 1. The zero-order chi connectivity index (χ0) is 15.7. The van der Waals surface area contributed by atoms with Crippen LogP contribution < -0.4 is 10.1 Å². The zero-order valence-electron chi connectivity index (χ0n) is 10.3. The van der Waals surface area contributed by atoms with Gasteiger partial charge in [-0.3, -0.25) is 9.59 Å². The Morgan fingerprint density at radius 2 is 1.90 bits per heavy atom. The third kappa shape index (κ3) is 2.91. The van der Waals surface area contributed by atoms with E-state index in [4.69, 9.17) is 5.11 Å². The molecule has 1 aromatic carbocycles. The van der Waals surface area contributed by atoms with Gasteiger partial charge < -0.3 is 15.2 Å². The minimum absolute atomic E-state index is 0.265. The van der Waals surface area contributed by atoms with Gasteiger partial charge in [-0.2, -0.15) is 8.78 Å². The van der Waals surface area contributed by atoms with Crippen molar-refractivity contribution in [1.29, 1.82) is 0 Å². The summed E-state index contributed by atoms with van der Waals surface area (Å²) in [4.78, 5) is 22.4. The van der Waals surface area contributed by atoms with Crippen LogP contribution >= 0.6 is 0 Å². The van der Waals surface area contributed by atoms with Crippen LogP contribution in [-0.2, 0) is 9.59 Å². The van der Waals surface area contributed by atoms with Gasteiger partial charge in [-0.05, 0) is 0 Å². The molecule has 5 nitrogen and oxygen atoms in total. The van der Waals surface area contributed by atoms with Crippen LogP contribution in [0.3, 0.4) is 0 Å². The SMILES string of the molecule is O=C(O)C1C(=O)NCC1c1c(F)cc(OC(F)F)cc1F. The van der Waals surface area contributed by atoms with E-state index in [2.05, 4.69) is 10.1 Å². The van der Waals surface area contributed by atoms with Crippen molar-refractivity contribution in [1.82, 2.24) is 5.32 Å². The molecule has 0 aliphatic carbocycles. The molecule has 1 fully saturated rings. The molecule has 0 saturated carbocycles. The molecule has 2 rings (SSSR count). The molecule has 2 N–H and O–H groups in total. The Bertz CT molecular complexity index is 570. The largest absolute Gasteiger partial charge is 0.481 e. The standard InChI is InChI=1S/C12H9F4NO4/c13-6-1-4(21-12(15)16)2-7(14)8(6)5-3-17-10(18)9(5)11(19)20/h1-2,5,9,12H,3H2,(H,17,18)(H,19,20). The lowest BCUT2D eigenvalue weighted by molar-refractivity contribution is -0.145. The monoisotopic (exact) mass is 307 g/mol. The van der Waals surface area contributed by atoms with Gasteiger partial charge in [0, 0.05) is 30.2 Å². The first-order valence-corrected chi connectivity index (χ1v) is 5.75. The smallest absolute Gasteiger partial charge is 0.387 e.